The summed E-state index contributed by atoms with van der Waals surface area (Å²) in [6.45, 7) is 0.382. The topological polar surface area (TPSA) is 59.0 Å². The molecule has 8 heteroatoms. The zero-order chi connectivity index (χ0) is 15.5. The van der Waals surface area contributed by atoms with Gasteiger partial charge in [0.05, 0.1) is 0 Å². The summed E-state index contributed by atoms with van der Waals surface area (Å²) in [4.78, 5) is 10.9. The Morgan fingerprint density at radius 1 is 1.33 bits per heavy atom. The molecule has 112 valence electrons. The second-order valence-electron chi connectivity index (χ2n) is 4.38. The summed E-state index contributed by atoms with van der Waals surface area (Å²) in [7, 11) is 1.78. The molecule has 0 unspecified atom stereocenters. The van der Waals surface area contributed by atoms with Gasteiger partial charge >= 0.3 is 12.1 Å². The Bertz CT molecular complexity index is 636. The molecule has 0 aliphatic rings. The van der Waals surface area contributed by atoms with E-state index in [4.69, 9.17) is 0 Å². The van der Waals surface area contributed by atoms with Crippen molar-refractivity contribution in [2.24, 2.45) is 7.05 Å². The van der Waals surface area contributed by atoms with Crippen LogP contribution in [0.3, 0.4) is 0 Å². The maximum absolute atomic E-state index is 12.2. The molecule has 0 fully saturated rings. The van der Waals surface area contributed by atoms with Gasteiger partial charge in [-0.15, -0.1) is 0 Å². The summed E-state index contributed by atoms with van der Waals surface area (Å²) in [6.07, 6.45) is -3.13. The number of hydrogen-bond acceptors (Lipinski definition) is 3. The van der Waals surface area contributed by atoms with Crippen molar-refractivity contribution in [2.75, 3.05) is 10.6 Å². The van der Waals surface area contributed by atoms with E-state index >= 15 is 0 Å². The second kappa shape index (κ2) is 5.86. The summed E-state index contributed by atoms with van der Waals surface area (Å²) in [5, 5.41) is 8.95. The van der Waals surface area contributed by atoms with Crippen molar-refractivity contribution in [2.45, 2.75) is 12.7 Å². The van der Waals surface area contributed by atoms with Gasteiger partial charge in [-0.2, -0.15) is 18.3 Å². The number of hydrogen-bond donors (Lipinski definition) is 2. The predicted octanol–water partition coefficient (Wildman–Crippen LogP) is 2.53. The molecule has 0 aliphatic carbocycles. The van der Waals surface area contributed by atoms with Gasteiger partial charge in [0.1, 0.15) is 5.82 Å². The van der Waals surface area contributed by atoms with E-state index in [1.54, 1.807) is 36.1 Å². The molecule has 0 aliphatic heterocycles. The molecule has 0 bridgehead atoms. The Morgan fingerprint density at radius 3 is 2.71 bits per heavy atom. The normalized spacial score (nSPS) is 11.2. The molecular formula is C13H13F3N4O. The third kappa shape index (κ3) is 4.23. The molecule has 0 saturated heterocycles. The van der Waals surface area contributed by atoms with E-state index < -0.39 is 12.1 Å². The SMILES string of the molecule is Cn1ccc(NCc2cccc(NC(=O)C(F)(F)F)c2)n1. The van der Waals surface area contributed by atoms with Gasteiger partial charge in [-0.3, -0.25) is 9.48 Å². The number of amides is 1. The number of nitrogens with one attached hydrogen (secondary N) is 2. The van der Waals surface area contributed by atoms with Crippen molar-refractivity contribution >= 4 is 17.4 Å². The van der Waals surface area contributed by atoms with Gasteiger partial charge in [-0.25, -0.2) is 0 Å². The molecule has 1 aromatic heterocycles. The van der Waals surface area contributed by atoms with Crippen LogP contribution >= 0.6 is 0 Å². The van der Waals surface area contributed by atoms with Crippen molar-refractivity contribution in [3.63, 3.8) is 0 Å². The van der Waals surface area contributed by atoms with Gasteiger partial charge in [0.15, 0.2) is 0 Å². The van der Waals surface area contributed by atoms with Crippen LogP contribution < -0.4 is 10.6 Å². The van der Waals surface area contributed by atoms with E-state index in [1.807, 2.05) is 5.32 Å². The summed E-state index contributed by atoms with van der Waals surface area (Å²) in [6, 6.07) is 7.95. The lowest BCUT2D eigenvalue weighted by Crippen LogP contribution is -2.29. The predicted molar refractivity (Wildman–Crippen MR) is 71.7 cm³/mol. The summed E-state index contributed by atoms with van der Waals surface area (Å²) in [5.74, 6) is -1.33. The number of carbonyl (C=O) groups is 1. The van der Waals surface area contributed by atoms with E-state index in [-0.39, 0.29) is 5.69 Å². The quantitative estimate of drug-likeness (QED) is 0.912. The molecule has 0 atom stereocenters. The molecule has 5 nitrogen and oxygen atoms in total. The monoisotopic (exact) mass is 298 g/mol. The fourth-order valence-electron chi connectivity index (χ4n) is 1.66. The van der Waals surface area contributed by atoms with Crippen molar-refractivity contribution < 1.29 is 18.0 Å². The van der Waals surface area contributed by atoms with Gasteiger partial charge in [-0.1, -0.05) is 12.1 Å². The fraction of sp³-hybridized carbons (Fsp3) is 0.231. The number of benzene rings is 1. The first-order chi connectivity index (χ1) is 9.84. The van der Waals surface area contributed by atoms with E-state index in [0.29, 0.717) is 12.4 Å². The van der Waals surface area contributed by atoms with E-state index in [0.717, 1.165) is 5.56 Å². The van der Waals surface area contributed by atoms with Crippen LogP contribution in [0.4, 0.5) is 24.7 Å². The molecule has 1 amide bonds. The molecule has 0 radical (unpaired) electrons. The summed E-state index contributed by atoms with van der Waals surface area (Å²) in [5.41, 5.74) is 0.818. The average Bonchev–Trinajstić information content (AvgIpc) is 2.82. The molecule has 21 heavy (non-hydrogen) atoms. The zero-order valence-corrected chi connectivity index (χ0v) is 11.1. The number of anilines is 2. The number of carbonyl (C=O) groups excluding carboxylic acids is 1. The maximum atomic E-state index is 12.2. The Morgan fingerprint density at radius 2 is 2.10 bits per heavy atom. The molecule has 2 aromatic rings. The van der Waals surface area contributed by atoms with Crippen molar-refractivity contribution in [3.8, 4) is 0 Å². The Balaban J connectivity index is 1.99. The molecule has 1 heterocycles. The minimum atomic E-state index is -4.90. The van der Waals surface area contributed by atoms with Crippen LogP contribution in [0.1, 0.15) is 5.56 Å². The summed E-state index contributed by atoms with van der Waals surface area (Å²) >= 11 is 0. The molecule has 0 spiro atoms. The number of nitrogens with zero attached hydrogens (tertiary/aromatic N) is 2. The number of aryl methyl sites for hydroxylation is 1. The van der Waals surface area contributed by atoms with Gasteiger partial charge in [0.25, 0.3) is 0 Å². The van der Waals surface area contributed by atoms with Crippen LogP contribution in [0.25, 0.3) is 0 Å². The highest BCUT2D eigenvalue weighted by atomic mass is 19.4. The minimum Gasteiger partial charge on any atom is -0.365 e. The highest BCUT2D eigenvalue weighted by Gasteiger charge is 2.38. The average molecular weight is 298 g/mol. The van der Waals surface area contributed by atoms with Gasteiger partial charge in [-0.05, 0) is 17.7 Å². The van der Waals surface area contributed by atoms with Crippen LogP contribution in [-0.2, 0) is 18.4 Å². The Labute approximate surface area is 118 Å². The first-order valence-corrected chi connectivity index (χ1v) is 6.05. The van der Waals surface area contributed by atoms with E-state index in [9.17, 15) is 18.0 Å². The number of halogens is 3. The largest absolute Gasteiger partial charge is 0.471 e. The van der Waals surface area contributed by atoms with Crippen molar-refractivity contribution in [1.29, 1.82) is 0 Å². The van der Waals surface area contributed by atoms with Gasteiger partial charge in [0, 0.05) is 31.5 Å². The lowest BCUT2D eigenvalue weighted by Gasteiger charge is -2.09. The molecule has 0 saturated carbocycles. The number of alkyl halides is 3. The smallest absolute Gasteiger partial charge is 0.365 e. The molecule has 2 rings (SSSR count). The molecule has 2 N–H and O–H groups in total. The zero-order valence-electron chi connectivity index (χ0n) is 11.1. The van der Waals surface area contributed by atoms with Crippen LogP contribution in [0, 0.1) is 0 Å². The molecule has 1 aromatic carbocycles. The molecular weight excluding hydrogens is 285 g/mol. The standard InChI is InChI=1S/C13H13F3N4O/c1-20-6-5-11(19-20)17-8-9-3-2-4-10(7-9)18-12(21)13(14,15)16/h2-7H,8H2,1H3,(H,17,19)(H,18,21). The van der Waals surface area contributed by atoms with Crippen LogP contribution in [0.15, 0.2) is 36.5 Å². The fourth-order valence-corrected chi connectivity index (χ4v) is 1.66. The van der Waals surface area contributed by atoms with Gasteiger partial charge in [0.2, 0.25) is 0 Å². The maximum Gasteiger partial charge on any atom is 0.471 e. The van der Waals surface area contributed by atoms with Crippen molar-refractivity contribution in [1.82, 2.24) is 9.78 Å². The number of rotatable bonds is 4. The highest BCUT2D eigenvalue weighted by molar-refractivity contribution is 5.94. The third-order valence-corrected chi connectivity index (χ3v) is 2.63. The Hall–Kier alpha value is -2.51. The number of aromatic nitrogens is 2. The third-order valence-electron chi connectivity index (χ3n) is 2.63. The van der Waals surface area contributed by atoms with E-state index in [2.05, 4.69) is 10.4 Å². The Kier molecular flexibility index (Phi) is 4.15. The van der Waals surface area contributed by atoms with Gasteiger partial charge < -0.3 is 10.6 Å². The highest BCUT2D eigenvalue weighted by Crippen LogP contribution is 2.19. The van der Waals surface area contributed by atoms with Crippen LogP contribution in [0.5, 0.6) is 0 Å². The first-order valence-electron chi connectivity index (χ1n) is 6.05. The second-order valence-corrected chi connectivity index (χ2v) is 4.38. The van der Waals surface area contributed by atoms with Crippen molar-refractivity contribution in [3.05, 3.63) is 42.1 Å². The lowest BCUT2D eigenvalue weighted by molar-refractivity contribution is -0.167. The minimum absolute atomic E-state index is 0.0950. The summed E-state index contributed by atoms with van der Waals surface area (Å²) < 4.78 is 38.1. The lowest BCUT2D eigenvalue weighted by atomic mass is 10.2. The van der Waals surface area contributed by atoms with Crippen LogP contribution in [-0.4, -0.2) is 21.9 Å². The first kappa shape index (κ1) is 14.9. The van der Waals surface area contributed by atoms with E-state index in [1.165, 1.54) is 12.1 Å². The van der Waals surface area contributed by atoms with Crippen LogP contribution in [0.2, 0.25) is 0 Å².